The maximum atomic E-state index is 14.0. The lowest BCUT2D eigenvalue weighted by Gasteiger charge is -2.09. The fraction of sp³-hybridized carbons (Fsp3) is 0.0870. The second kappa shape index (κ2) is 9.21. The fourth-order valence-electron chi connectivity index (χ4n) is 3.30. The molecular formula is C23H16ClF2N3O3S2. The predicted octanol–water partition coefficient (Wildman–Crippen LogP) is 5.77. The van der Waals surface area contributed by atoms with Crippen LogP contribution in [0.4, 0.5) is 14.5 Å². The Kier molecular flexibility index (Phi) is 6.48. The lowest BCUT2D eigenvalue weighted by molar-refractivity contribution is 0.103. The summed E-state index contributed by atoms with van der Waals surface area (Å²) in [7, 11) is -3.53. The molecule has 1 N–H and O–H groups in total. The van der Waals surface area contributed by atoms with Gasteiger partial charge in [-0.1, -0.05) is 11.6 Å². The highest BCUT2D eigenvalue weighted by Gasteiger charge is 2.19. The van der Waals surface area contributed by atoms with Gasteiger partial charge in [0, 0.05) is 44.7 Å². The van der Waals surface area contributed by atoms with Gasteiger partial charge in [0.15, 0.2) is 9.84 Å². The molecule has 0 bridgehead atoms. The number of anilines is 1. The van der Waals surface area contributed by atoms with Crippen molar-refractivity contribution in [3.63, 3.8) is 0 Å². The van der Waals surface area contributed by atoms with E-state index in [1.807, 2.05) is 0 Å². The van der Waals surface area contributed by atoms with Crippen molar-refractivity contribution in [1.29, 1.82) is 0 Å². The minimum atomic E-state index is -3.53. The first-order valence-electron chi connectivity index (χ1n) is 9.70. The second-order valence-electron chi connectivity index (χ2n) is 7.42. The molecule has 0 unspecified atom stereocenters. The van der Waals surface area contributed by atoms with E-state index in [0.717, 1.165) is 23.5 Å². The van der Waals surface area contributed by atoms with Crippen LogP contribution in [0.15, 0.2) is 59.9 Å². The smallest absolute Gasteiger partial charge is 0.265 e. The van der Waals surface area contributed by atoms with Crippen LogP contribution >= 0.6 is 22.9 Å². The third kappa shape index (κ3) is 5.14. The molecule has 3 heterocycles. The average Bonchev–Trinajstić information content (AvgIpc) is 3.14. The molecule has 0 saturated heterocycles. The number of benzene rings is 1. The molecular weight excluding hydrogens is 504 g/mol. The maximum absolute atomic E-state index is 14.0. The van der Waals surface area contributed by atoms with Gasteiger partial charge in [-0.15, -0.1) is 11.3 Å². The average molecular weight is 520 g/mol. The van der Waals surface area contributed by atoms with Gasteiger partial charge in [0.1, 0.15) is 11.6 Å². The van der Waals surface area contributed by atoms with Crippen molar-refractivity contribution in [2.24, 2.45) is 0 Å². The molecule has 0 fully saturated rings. The van der Waals surface area contributed by atoms with Crippen molar-refractivity contribution in [3.05, 3.63) is 81.4 Å². The van der Waals surface area contributed by atoms with Crippen LogP contribution in [0.2, 0.25) is 5.02 Å². The number of nitrogens with one attached hydrogen (secondary N) is 1. The SMILES string of the molecule is Cc1sc(C(=O)Nc2cc(Cl)cc(S(C)(=O)=O)c2)cc1-c1ncc(F)cc1-c1cncc(F)c1. The Hall–Kier alpha value is -3.21. The Morgan fingerprint density at radius 3 is 2.44 bits per heavy atom. The summed E-state index contributed by atoms with van der Waals surface area (Å²) in [6.07, 6.45) is 4.53. The Balaban J connectivity index is 1.71. The van der Waals surface area contributed by atoms with E-state index in [1.165, 1.54) is 47.9 Å². The minimum Gasteiger partial charge on any atom is -0.321 e. The Morgan fingerprint density at radius 1 is 1.00 bits per heavy atom. The van der Waals surface area contributed by atoms with E-state index in [9.17, 15) is 22.0 Å². The minimum absolute atomic E-state index is 0.0257. The summed E-state index contributed by atoms with van der Waals surface area (Å²) in [4.78, 5) is 21.9. The molecule has 11 heteroatoms. The van der Waals surface area contributed by atoms with Gasteiger partial charge in [-0.2, -0.15) is 0 Å². The molecule has 0 saturated carbocycles. The molecule has 4 rings (SSSR count). The van der Waals surface area contributed by atoms with Crippen LogP contribution in [0.5, 0.6) is 0 Å². The molecule has 0 aliphatic heterocycles. The lowest BCUT2D eigenvalue weighted by atomic mass is 10.0. The summed E-state index contributed by atoms with van der Waals surface area (Å²) >= 11 is 7.19. The van der Waals surface area contributed by atoms with E-state index in [1.54, 1.807) is 13.0 Å². The number of carbonyl (C=O) groups excluding carboxylic acids is 1. The molecule has 6 nitrogen and oxygen atoms in total. The highest BCUT2D eigenvalue weighted by molar-refractivity contribution is 7.90. The maximum Gasteiger partial charge on any atom is 0.265 e. The van der Waals surface area contributed by atoms with Gasteiger partial charge >= 0.3 is 0 Å². The molecule has 34 heavy (non-hydrogen) atoms. The molecule has 1 amide bonds. The number of aryl methyl sites for hydroxylation is 1. The monoisotopic (exact) mass is 519 g/mol. The standard InChI is InChI=1S/C23H16ClF2N3O3S2/c1-12-19(22-20(6-16(26)11-28-22)13-3-15(25)10-27-9-13)8-21(33-12)23(30)29-17-4-14(24)5-18(7-17)34(2,31)32/h3-11H,1-2H3,(H,29,30). The first kappa shape index (κ1) is 23.9. The Morgan fingerprint density at radius 2 is 1.74 bits per heavy atom. The zero-order valence-corrected chi connectivity index (χ0v) is 20.2. The van der Waals surface area contributed by atoms with Gasteiger partial charge < -0.3 is 5.32 Å². The Bertz CT molecular complexity index is 1540. The summed E-state index contributed by atoms with van der Waals surface area (Å²) in [6.45, 7) is 1.77. The summed E-state index contributed by atoms with van der Waals surface area (Å²) in [5.41, 5.74) is 1.82. The molecule has 0 aliphatic rings. The topological polar surface area (TPSA) is 89.0 Å². The predicted molar refractivity (Wildman–Crippen MR) is 128 cm³/mol. The molecule has 0 aliphatic carbocycles. The number of amides is 1. The van der Waals surface area contributed by atoms with Crippen molar-refractivity contribution in [3.8, 4) is 22.4 Å². The zero-order chi connectivity index (χ0) is 24.6. The highest BCUT2D eigenvalue weighted by atomic mass is 35.5. The second-order valence-corrected chi connectivity index (χ2v) is 11.1. The molecule has 1 aromatic carbocycles. The van der Waals surface area contributed by atoms with E-state index in [-0.39, 0.29) is 15.6 Å². The largest absolute Gasteiger partial charge is 0.321 e. The summed E-state index contributed by atoms with van der Waals surface area (Å²) in [5.74, 6) is -1.67. The summed E-state index contributed by atoms with van der Waals surface area (Å²) in [5, 5.41) is 2.81. The fourth-order valence-corrected chi connectivity index (χ4v) is 5.20. The number of hydrogen-bond donors (Lipinski definition) is 1. The number of nitrogens with zero attached hydrogens (tertiary/aromatic N) is 2. The van der Waals surface area contributed by atoms with Gasteiger partial charge in [-0.05, 0) is 43.3 Å². The van der Waals surface area contributed by atoms with Crippen LogP contribution in [0.3, 0.4) is 0 Å². The van der Waals surface area contributed by atoms with Crippen LogP contribution in [-0.2, 0) is 9.84 Å². The van der Waals surface area contributed by atoms with Crippen LogP contribution in [-0.4, -0.2) is 30.5 Å². The van der Waals surface area contributed by atoms with Crippen LogP contribution in [0.25, 0.3) is 22.4 Å². The van der Waals surface area contributed by atoms with Crippen molar-refractivity contribution in [2.45, 2.75) is 11.8 Å². The molecule has 0 spiro atoms. The number of thiophene rings is 1. The van der Waals surface area contributed by atoms with Gasteiger partial charge in [-0.25, -0.2) is 17.2 Å². The van der Waals surface area contributed by atoms with Crippen LogP contribution in [0.1, 0.15) is 14.5 Å². The summed E-state index contributed by atoms with van der Waals surface area (Å²) < 4.78 is 51.4. The number of aromatic nitrogens is 2. The number of sulfone groups is 1. The first-order chi connectivity index (χ1) is 16.0. The van der Waals surface area contributed by atoms with Crippen LogP contribution < -0.4 is 5.32 Å². The molecule has 174 valence electrons. The van der Waals surface area contributed by atoms with Gasteiger partial charge in [0.2, 0.25) is 0 Å². The Labute approximate surface area is 203 Å². The normalized spacial score (nSPS) is 11.4. The molecule has 3 aromatic heterocycles. The third-order valence-electron chi connectivity index (χ3n) is 4.82. The van der Waals surface area contributed by atoms with E-state index in [4.69, 9.17) is 11.6 Å². The lowest BCUT2D eigenvalue weighted by Crippen LogP contribution is -2.11. The number of carbonyl (C=O) groups is 1. The van der Waals surface area contributed by atoms with Crippen molar-refractivity contribution in [2.75, 3.05) is 11.6 Å². The van der Waals surface area contributed by atoms with Crippen molar-refractivity contribution in [1.82, 2.24) is 9.97 Å². The van der Waals surface area contributed by atoms with E-state index in [2.05, 4.69) is 15.3 Å². The van der Waals surface area contributed by atoms with Crippen molar-refractivity contribution < 1.29 is 22.0 Å². The molecule has 0 radical (unpaired) electrons. The van der Waals surface area contributed by atoms with E-state index >= 15 is 0 Å². The first-order valence-corrected chi connectivity index (χ1v) is 12.8. The highest BCUT2D eigenvalue weighted by Crippen LogP contribution is 2.37. The number of hydrogen-bond acceptors (Lipinski definition) is 6. The third-order valence-corrected chi connectivity index (χ3v) is 7.18. The zero-order valence-electron chi connectivity index (χ0n) is 17.8. The van der Waals surface area contributed by atoms with Gasteiger partial charge in [0.05, 0.1) is 27.9 Å². The number of pyridine rings is 2. The van der Waals surface area contributed by atoms with Gasteiger partial charge in [-0.3, -0.25) is 14.8 Å². The summed E-state index contributed by atoms with van der Waals surface area (Å²) in [6, 6.07) is 8.09. The van der Waals surface area contributed by atoms with Gasteiger partial charge in [0.25, 0.3) is 5.91 Å². The molecule has 4 aromatic rings. The number of rotatable bonds is 5. The van der Waals surface area contributed by atoms with Crippen molar-refractivity contribution >= 4 is 44.4 Å². The van der Waals surface area contributed by atoms with E-state index < -0.39 is 27.4 Å². The van der Waals surface area contributed by atoms with Crippen LogP contribution in [0, 0.1) is 18.6 Å². The molecule has 0 atom stereocenters. The van der Waals surface area contributed by atoms with E-state index in [0.29, 0.717) is 27.3 Å². The number of halogens is 3. The quantitative estimate of drug-likeness (QED) is 0.361.